The first-order valence-electron chi connectivity index (χ1n) is 7.01. The fourth-order valence-corrected chi connectivity index (χ4v) is 2.01. The van der Waals surface area contributed by atoms with E-state index in [1.165, 1.54) is 5.56 Å². The van der Waals surface area contributed by atoms with Crippen molar-refractivity contribution in [3.63, 3.8) is 0 Å². The molecule has 0 atom stereocenters. The maximum absolute atomic E-state index is 5.65. The maximum Gasteiger partial charge on any atom is 0.139 e. The summed E-state index contributed by atoms with van der Waals surface area (Å²) in [6.07, 6.45) is 0.996. The summed E-state index contributed by atoms with van der Waals surface area (Å²) in [5, 5.41) is 7.32. The van der Waals surface area contributed by atoms with E-state index in [1.54, 1.807) is 0 Å². The van der Waals surface area contributed by atoms with Crippen molar-refractivity contribution in [1.82, 2.24) is 10.5 Å². The quantitative estimate of drug-likeness (QED) is 0.752. The molecule has 2 aromatic rings. The Morgan fingerprint density at radius 3 is 2.70 bits per heavy atom. The van der Waals surface area contributed by atoms with E-state index >= 15 is 0 Å². The average molecular weight is 274 g/mol. The molecular weight excluding hydrogens is 252 g/mol. The molecule has 2 rings (SSSR count). The van der Waals surface area contributed by atoms with Gasteiger partial charge in [0, 0.05) is 18.7 Å². The van der Waals surface area contributed by atoms with Gasteiger partial charge in [0.05, 0.1) is 12.3 Å². The van der Waals surface area contributed by atoms with E-state index in [0.717, 1.165) is 43.1 Å². The zero-order valence-corrected chi connectivity index (χ0v) is 12.2. The highest BCUT2D eigenvalue weighted by Gasteiger charge is 2.08. The number of ether oxygens (including phenoxy) is 1. The van der Waals surface area contributed by atoms with Crippen molar-refractivity contribution in [3.8, 4) is 0 Å². The summed E-state index contributed by atoms with van der Waals surface area (Å²) < 4.78 is 10.7. The monoisotopic (exact) mass is 274 g/mol. The predicted molar refractivity (Wildman–Crippen MR) is 78.4 cm³/mol. The number of aryl methyl sites for hydroxylation is 2. The predicted octanol–water partition coefficient (Wildman–Crippen LogP) is 2.99. The summed E-state index contributed by atoms with van der Waals surface area (Å²) in [6.45, 7) is 7.05. The lowest BCUT2D eigenvalue weighted by atomic mass is 10.2. The van der Waals surface area contributed by atoms with E-state index in [9.17, 15) is 0 Å². The molecule has 1 aromatic carbocycles. The summed E-state index contributed by atoms with van der Waals surface area (Å²) in [6, 6.07) is 10.4. The molecule has 20 heavy (non-hydrogen) atoms. The summed E-state index contributed by atoms with van der Waals surface area (Å²) in [4.78, 5) is 0. The summed E-state index contributed by atoms with van der Waals surface area (Å²) in [5.74, 6) is 0.852. The van der Waals surface area contributed by atoms with E-state index in [4.69, 9.17) is 9.26 Å². The summed E-state index contributed by atoms with van der Waals surface area (Å²) >= 11 is 0. The van der Waals surface area contributed by atoms with Gasteiger partial charge in [-0.05, 0) is 32.4 Å². The number of rotatable bonds is 8. The second-order valence-corrected chi connectivity index (χ2v) is 4.87. The van der Waals surface area contributed by atoms with Crippen LogP contribution in [-0.2, 0) is 17.9 Å². The zero-order chi connectivity index (χ0) is 14.2. The van der Waals surface area contributed by atoms with Gasteiger partial charge >= 0.3 is 0 Å². The molecule has 108 valence electrons. The van der Waals surface area contributed by atoms with E-state index in [-0.39, 0.29) is 0 Å². The zero-order valence-electron chi connectivity index (χ0n) is 12.2. The first-order chi connectivity index (χ1) is 9.77. The van der Waals surface area contributed by atoms with Gasteiger partial charge in [0.1, 0.15) is 5.76 Å². The minimum Gasteiger partial charge on any atom is -0.377 e. The molecule has 4 heteroatoms. The van der Waals surface area contributed by atoms with Crippen LogP contribution >= 0.6 is 0 Å². The Morgan fingerprint density at radius 2 is 2.00 bits per heavy atom. The van der Waals surface area contributed by atoms with Crippen LogP contribution in [-0.4, -0.2) is 18.3 Å². The van der Waals surface area contributed by atoms with Crippen LogP contribution in [0.15, 0.2) is 34.9 Å². The topological polar surface area (TPSA) is 47.3 Å². The van der Waals surface area contributed by atoms with Gasteiger partial charge in [0.15, 0.2) is 0 Å². The Morgan fingerprint density at radius 1 is 1.20 bits per heavy atom. The molecule has 0 radical (unpaired) electrons. The largest absolute Gasteiger partial charge is 0.377 e. The third-order valence-electron chi connectivity index (χ3n) is 3.24. The van der Waals surface area contributed by atoms with Crippen molar-refractivity contribution >= 4 is 0 Å². The van der Waals surface area contributed by atoms with E-state index < -0.39 is 0 Å². The van der Waals surface area contributed by atoms with E-state index in [1.807, 2.05) is 19.9 Å². The summed E-state index contributed by atoms with van der Waals surface area (Å²) in [7, 11) is 0. The molecule has 0 aliphatic rings. The molecule has 0 fully saturated rings. The van der Waals surface area contributed by atoms with Crippen LogP contribution in [0.5, 0.6) is 0 Å². The third kappa shape index (κ3) is 4.47. The lowest BCUT2D eigenvalue weighted by Gasteiger charge is -2.06. The molecule has 0 aliphatic carbocycles. The van der Waals surface area contributed by atoms with Crippen LogP contribution in [0.25, 0.3) is 0 Å². The number of nitrogens with one attached hydrogen (secondary N) is 1. The normalized spacial score (nSPS) is 10.9. The summed E-state index contributed by atoms with van der Waals surface area (Å²) in [5.41, 5.74) is 3.30. The second-order valence-electron chi connectivity index (χ2n) is 4.87. The van der Waals surface area contributed by atoms with Gasteiger partial charge in [0.25, 0.3) is 0 Å². The van der Waals surface area contributed by atoms with Crippen molar-refractivity contribution < 1.29 is 9.26 Å². The molecule has 0 aliphatic heterocycles. The molecule has 1 N–H and O–H groups in total. The van der Waals surface area contributed by atoms with Gasteiger partial charge in [-0.3, -0.25) is 0 Å². The van der Waals surface area contributed by atoms with Crippen LogP contribution in [0.4, 0.5) is 0 Å². The SMILES string of the molecule is Cc1noc(C)c1COCCCNCc1ccccc1. The first kappa shape index (κ1) is 14.8. The smallest absolute Gasteiger partial charge is 0.139 e. The first-order valence-corrected chi connectivity index (χ1v) is 7.01. The fourth-order valence-electron chi connectivity index (χ4n) is 2.01. The molecule has 0 saturated carbocycles. The van der Waals surface area contributed by atoms with Crippen LogP contribution in [0, 0.1) is 13.8 Å². The van der Waals surface area contributed by atoms with Gasteiger partial charge in [-0.25, -0.2) is 0 Å². The Kier molecular flexibility index (Phi) is 5.77. The number of aromatic nitrogens is 1. The number of hydrogen-bond acceptors (Lipinski definition) is 4. The Bertz CT molecular complexity index is 489. The van der Waals surface area contributed by atoms with Crippen LogP contribution in [0.2, 0.25) is 0 Å². The van der Waals surface area contributed by atoms with Crippen molar-refractivity contribution in [2.75, 3.05) is 13.2 Å². The van der Waals surface area contributed by atoms with Gasteiger partial charge in [-0.2, -0.15) is 0 Å². The highest BCUT2D eigenvalue weighted by molar-refractivity contribution is 5.19. The third-order valence-corrected chi connectivity index (χ3v) is 3.24. The Balaban J connectivity index is 1.54. The lowest BCUT2D eigenvalue weighted by Crippen LogP contribution is -2.16. The maximum atomic E-state index is 5.65. The fraction of sp³-hybridized carbons (Fsp3) is 0.438. The minimum absolute atomic E-state index is 0.583. The van der Waals surface area contributed by atoms with Crippen molar-refractivity contribution in [3.05, 3.63) is 52.9 Å². The van der Waals surface area contributed by atoms with Gasteiger partial charge < -0.3 is 14.6 Å². The van der Waals surface area contributed by atoms with Gasteiger partial charge in [0.2, 0.25) is 0 Å². The molecule has 0 bridgehead atoms. The molecule has 0 saturated heterocycles. The van der Waals surface area contributed by atoms with Crippen molar-refractivity contribution in [1.29, 1.82) is 0 Å². The van der Waals surface area contributed by atoms with Crippen molar-refractivity contribution in [2.24, 2.45) is 0 Å². The van der Waals surface area contributed by atoms with Gasteiger partial charge in [-0.1, -0.05) is 35.5 Å². The van der Waals surface area contributed by atoms with E-state index in [0.29, 0.717) is 6.61 Å². The Hall–Kier alpha value is -1.65. The standard InChI is InChI=1S/C16H22N2O2/c1-13-16(14(2)20-18-13)12-19-10-6-9-17-11-15-7-4-3-5-8-15/h3-5,7-8,17H,6,9-12H2,1-2H3. The highest BCUT2D eigenvalue weighted by Crippen LogP contribution is 2.13. The number of benzene rings is 1. The van der Waals surface area contributed by atoms with Crippen LogP contribution < -0.4 is 5.32 Å². The Labute approximate surface area is 120 Å². The number of hydrogen-bond donors (Lipinski definition) is 1. The average Bonchev–Trinajstić information content (AvgIpc) is 2.79. The molecule has 0 amide bonds. The minimum atomic E-state index is 0.583. The highest BCUT2D eigenvalue weighted by atomic mass is 16.5. The molecule has 4 nitrogen and oxygen atoms in total. The van der Waals surface area contributed by atoms with Crippen molar-refractivity contribution in [2.45, 2.75) is 33.4 Å². The molecule has 1 heterocycles. The second kappa shape index (κ2) is 7.82. The van der Waals surface area contributed by atoms with Crippen LogP contribution in [0.1, 0.15) is 29.0 Å². The molecular formula is C16H22N2O2. The number of nitrogens with zero attached hydrogens (tertiary/aromatic N) is 1. The molecule has 0 unspecified atom stereocenters. The lowest BCUT2D eigenvalue weighted by molar-refractivity contribution is 0.117. The molecule has 0 spiro atoms. The van der Waals surface area contributed by atoms with Crippen LogP contribution in [0.3, 0.4) is 0 Å². The van der Waals surface area contributed by atoms with E-state index in [2.05, 4.69) is 34.7 Å². The van der Waals surface area contributed by atoms with Gasteiger partial charge in [-0.15, -0.1) is 0 Å². The molecule has 1 aromatic heterocycles.